The summed E-state index contributed by atoms with van der Waals surface area (Å²) in [5.41, 5.74) is 1.66. The van der Waals surface area contributed by atoms with Crippen LogP contribution in [0.2, 0.25) is 0 Å². The van der Waals surface area contributed by atoms with Crippen molar-refractivity contribution in [1.82, 2.24) is 4.98 Å². The van der Waals surface area contributed by atoms with Crippen LogP contribution in [-0.4, -0.2) is 24.2 Å². The maximum Gasteiger partial charge on any atom is 0.270 e. The summed E-state index contributed by atoms with van der Waals surface area (Å²) in [5, 5.41) is 13.9. The van der Waals surface area contributed by atoms with E-state index in [1.165, 1.54) is 48.7 Å². The minimum atomic E-state index is -3.86. The predicted molar refractivity (Wildman–Crippen MR) is 138 cm³/mol. The molecule has 0 bridgehead atoms. The molecule has 0 spiro atoms. The van der Waals surface area contributed by atoms with Gasteiger partial charge in [0.05, 0.1) is 9.82 Å². The Bertz CT molecular complexity index is 1520. The van der Waals surface area contributed by atoms with E-state index in [2.05, 4.69) is 15.0 Å². The summed E-state index contributed by atoms with van der Waals surface area (Å²) < 4.78 is 27.6. The van der Waals surface area contributed by atoms with E-state index in [1.54, 1.807) is 54.6 Å². The molecule has 0 aliphatic carbocycles. The fourth-order valence-electron chi connectivity index (χ4n) is 3.33. The Morgan fingerprint density at radius 3 is 2.28 bits per heavy atom. The Hall–Kier alpha value is -4.83. The van der Waals surface area contributed by atoms with Crippen molar-refractivity contribution in [3.05, 3.63) is 124 Å². The Labute approximate surface area is 207 Å². The van der Waals surface area contributed by atoms with Crippen molar-refractivity contribution in [3.8, 4) is 0 Å². The minimum Gasteiger partial charge on any atom is -0.322 e. The van der Waals surface area contributed by atoms with Crippen LogP contribution in [0.4, 0.5) is 17.2 Å². The smallest absolute Gasteiger partial charge is 0.270 e. The molecular weight excluding hydrogens is 480 g/mol. The van der Waals surface area contributed by atoms with Gasteiger partial charge in [0.2, 0.25) is 0 Å². The van der Waals surface area contributed by atoms with E-state index in [1.807, 2.05) is 6.07 Å². The number of benzene rings is 3. The zero-order chi connectivity index (χ0) is 25.5. The van der Waals surface area contributed by atoms with Crippen molar-refractivity contribution in [2.75, 3.05) is 10.0 Å². The molecule has 0 aliphatic heterocycles. The second-order valence-electron chi connectivity index (χ2n) is 7.58. The van der Waals surface area contributed by atoms with Gasteiger partial charge in [-0.1, -0.05) is 48.5 Å². The lowest BCUT2D eigenvalue weighted by molar-refractivity contribution is -0.384. The number of nitrogens with one attached hydrogen (secondary N) is 2. The molecule has 0 aliphatic rings. The van der Waals surface area contributed by atoms with Crippen LogP contribution >= 0.6 is 0 Å². The average Bonchev–Trinajstić information content (AvgIpc) is 2.88. The molecule has 0 radical (unpaired) electrons. The maximum absolute atomic E-state index is 13.2. The zero-order valence-corrected chi connectivity index (χ0v) is 19.6. The third kappa shape index (κ3) is 5.99. The second-order valence-corrected chi connectivity index (χ2v) is 9.26. The van der Waals surface area contributed by atoms with Gasteiger partial charge in [-0.3, -0.25) is 19.6 Å². The topological polar surface area (TPSA) is 131 Å². The normalized spacial score (nSPS) is 11.5. The standard InChI is InChI=1S/C26H20N4O5S/c31-26(24(20-8-2-1-3-9-20)18-19-7-6-10-22(17-19)30(32)33)28-21-12-14-23(15-13-21)36(34,35)29-25-11-4-5-16-27-25/h1-18H,(H,27,29)(H,28,31)/b24-18-. The third-order valence-corrected chi connectivity index (χ3v) is 6.42. The first kappa shape index (κ1) is 24.3. The molecular formula is C26H20N4O5S. The van der Waals surface area contributed by atoms with Gasteiger partial charge in [-0.05, 0) is 53.6 Å². The molecule has 1 amide bonds. The fraction of sp³-hybridized carbons (Fsp3) is 0. The summed E-state index contributed by atoms with van der Waals surface area (Å²) in [7, 11) is -3.86. The van der Waals surface area contributed by atoms with Gasteiger partial charge in [-0.15, -0.1) is 0 Å². The lowest BCUT2D eigenvalue weighted by atomic mass is 10.0. The molecule has 4 aromatic rings. The molecule has 1 heterocycles. The van der Waals surface area contributed by atoms with E-state index in [0.717, 1.165) is 0 Å². The number of nitro groups is 1. The highest BCUT2D eigenvalue weighted by atomic mass is 32.2. The molecule has 9 nitrogen and oxygen atoms in total. The van der Waals surface area contributed by atoms with Crippen LogP contribution in [0.25, 0.3) is 11.6 Å². The Morgan fingerprint density at radius 2 is 1.61 bits per heavy atom. The number of aromatic nitrogens is 1. The Morgan fingerprint density at radius 1 is 0.889 bits per heavy atom. The highest BCUT2D eigenvalue weighted by molar-refractivity contribution is 7.92. The molecule has 0 saturated carbocycles. The molecule has 0 saturated heterocycles. The van der Waals surface area contributed by atoms with Crippen LogP contribution in [0.15, 0.2) is 108 Å². The number of amides is 1. The van der Waals surface area contributed by atoms with Gasteiger partial charge >= 0.3 is 0 Å². The maximum atomic E-state index is 13.2. The number of rotatable bonds is 8. The number of carbonyl (C=O) groups excluding carboxylic acids is 1. The van der Waals surface area contributed by atoms with Crippen molar-refractivity contribution < 1.29 is 18.1 Å². The zero-order valence-electron chi connectivity index (χ0n) is 18.7. The van der Waals surface area contributed by atoms with E-state index >= 15 is 0 Å². The first-order chi connectivity index (χ1) is 17.3. The number of carbonyl (C=O) groups is 1. The van der Waals surface area contributed by atoms with Crippen molar-refractivity contribution in [1.29, 1.82) is 0 Å². The quantitative estimate of drug-likeness (QED) is 0.152. The van der Waals surface area contributed by atoms with E-state index in [-0.39, 0.29) is 22.0 Å². The number of hydrogen-bond acceptors (Lipinski definition) is 6. The van der Waals surface area contributed by atoms with Crippen LogP contribution in [0.5, 0.6) is 0 Å². The van der Waals surface area contributed by atoms with E-state index < -0.39 is 20.9 Å². The van der Waals surface area contributed by atoms with Gasteiger partial charge in [0, 0.05) is 29.6 Å². The number of sulfonamides is 1. The monoisotopic (exact) mass is 500 g/mol. The number of nitrogens with zero attached hydrogens (tertiary/aromatic N) is 2. The largest absolute Gasteiger partial charge is 0.322 e. The third-order valence-electron chi connectivity index (χ3n) is 5.05. The van der Waals surface area contributed by atoms with Gasteiger partial charge < -0.3 is 5.32 Å². The highest BCUT2D eigenvalue weighted by Gasteiger charge is 2.17. The van der Waals surface area contributed by atoms with Crippen LogP contribution in [0.3, 0.4) is 0 Å². The summed E-state index contributed by atoms with van der Waals surface area (Å²) >= 11 is 0. The van der Waals surface area contributed by atoms with Crippen LogP contribution in [-0.2, 0) is 14.8 Å². The lowest BCUT2D eigenvalue weighted by Crippen LogP contribution is -2.15. The van der Waals surface area contributed by atoms with Gasteiger partial charge in [0.25, 0.3) is 21.6 Å². The van der Waals surface area contributed by atoms with Crippen LogP contribution < -0.4 is 10.0 Å². The molecule has 180 valence electrons. The molecule has 36 heavy (non-hydrogen) atoms. The fourth-order valence-corrected chi connectivity index (χ4v) is 4.34. The first-order valence-electron chi connectivity index (χ1n) is 10.7. The number of nitro benzene ring substituents is 1. The summed E-state index contributed by atoms with van der Waals surface area (Å²) in [4.78, 5) is 27.8. The second kappa shape index (κ2) is 10.6. The van der Waals surface area contributed by atoms with Crippen LogP contribution in [0, 0.1) is 10.1 Å². The van der Waals surface area contributed by atoms with Gasteiger partial charge in [-0.2, -0.15) is 0 Å². The Kier molecular flexibility index (Phi) is 7.17. The average molecular weight is 501 g/mol. The highest BCUT2D eigenvalue weighted by Crippen LogP contribution is 2.24. The number of hydrogen-bond donors (Lipinski definition) is 2. The predicted octanol–water partition coefficient (Wildman–Crippen LogP) is 4.97. The number of pyridine rings is 1. The summed E-state index contributed by atoms with van der Waals surface area (Å²) in [6.07, 6.45) is 3.04. The van der Waals surface area contributed by atoms with Crippen molar-refractivity contribution in [3.63, 3.8) is 0 Å². The molecule has 0 unspecified atom stereocenters. The van der Waals surface area contributed by atoms with Crippen molar-refractivity contribution in [2.45, 2.75) is 4.90 Å². The molecule has 10 heteroatoms. The Balaban J connectivity index is 1.58. The van der Waals surface area contributed by atoms with Crippen LogP contribution in [0.1, 0.15) is 11.1 Å². The van der Waals surface area contributed by atoms with E-state index in [9.17, 15) is 23.3 Å². The molecule has 2 N–H and O–H groups in total. The van der Waals surface area contributed by atoms with Gasteiger partial charge in [-0.25, -0.2) is 13.4 Å². The summed E-state index contributed by atoms with van der Waals surface area (Å²) in [6.45, 7) is 0. The van der Waals surface area contributed by atoms with E-state index in [0.29, 0.717) is 16.8 Å². The summed E-state index contributed by atoms with van der Waals surface area (Å²) in [6, 6.07) is 25.4. The number of non-ortho nitro benzene ring substituents is 1. The van der Waals surface area contributed by atoms with Crippen molar-refractivity contribution >= 4 is 44.8 Å². The molecule has 4 rings (SSSR count). The van der Waals surface area contributed by atoms with Gasteiger partial charge in [0.15, 0.2) is 0 Å². The molecule has 0 fully saturated rings. The molecule has 3 aromatic carbocycles. The number of anilines is 2. The van der Waals surface area contributed by atoms with Gasteiger partial charge in [0.1, 0.15) is 5.82 Å². The van der Waals surface area contributed by atoms with Crippen molar-refractivity contribution in [2.24, 2.45) is 0 Å². The van der Waals surface area contributed by atoms with E-state index in [4.69, 9.17) is 0 Å². The molecule has 0 atom stereocenters. The SMILES string of the molecule is O=C(Nc1ccc(S(=O)(=O)Nc2ccccn2)cc1)/C(=C\c1cccc([N+](=O)[O-])c1)c1ccccc1. The lowest BCUT2D eigenvalue weighted by Gasteiger charge is -2.11. The first-order valence-corrected chi connectivity index (χ1v) is 12.2. The minimum absolute atomic E-state index is 0.00146. The molecule has 1 aromatic heterocycles. The summed E-state index contributed by atoms with van der Waals surface area (Å²) in [5.74, 6) is -0.274.